The second-order valence-electron chi connectivity index (χ2n) is 40.2. The number of nitrogens with zero attached hydrogens (tertiary/aromatic N) is 6. The van der Waals surface area contributed by atoms with Crippen LogP contribution in [-0.2, 0) is 71.5 Å². The largest absolute Gasteiger partial charge is 0.507 e. The average Bonchev–Trinajstić information content (AvgIpc) is 1.16. The minimum absolute atomic E-state index is 0.000854. The highest BCUT2D eigenvalue weighted by atomic mass is 16.7. The summed E-state index contributed by atoms with van der Waals surface area (Å²) in [6.45, 7) is 18.9. The Kier molecular flexibility index (Phi) is 29.7. The Labute approximate surface area is 842 Å². The number of benzene rings is 6. The number of phenolic OH excluding ortho intramolecular Hbond substituents is 6. The molecule has 784 valence electrons. The van der Waals surface area contributed by atoms with Gasteiger partial charge in [-0.1, -0.05) is 88.4 Å². The Morgan fingerprint density at radius 1 is 0.435 bits per heavy atom. The molecule has 0 radical (unpaired) electrons. The number of ether oxygens (including phenoxy) is 9. The summed E-state index contributed by atoms with van der Waals surface area (Å²) in [5.41, 5.74) is -0.264. The zero-order valence-corrected chi connectivity index (χ0v) is 82.7. The minimum atomic E-state index is -1.97. The lowest BCUT2D eigenvalue weighted by Gasteiger charge is -2.42. The molecule has 9 heterocycles. The van der Waals surface area contributed by atoms with Crippen molar-refractivity contribution < 1.29 is 162 Å². The monoisotopic (exact) mass is 2040 g/mol. The van der Waals surface area contributed by atoms with E-state index in [0.717, 1.165) is 6.42 Å². The fourth-order valence-electron chi connectivity index (χ4n) is 21.9. The van der Waals surface area contributed by atoms with Gasteiger partial charge in [-0.25, -0.2) is 9.97 Å². The van der Waals surface area contributed by atoms with Crippen LogP contribution in [0.2, 0.25) is 0 Å². The van der Waals surface area contributed by atoms with Gasteiger partial charge < -0.3 is 136 Å². The molecule has 5 saturated heterocycles. The molecule has 147 heavy (non-hydrogen) atoms. The number of carbonyl (C=O) groups is 9. The van der Waals surface area contributed by atoms with Crippen LogP contribution in [0.15, 0.2) is 89.4 Å². The van der Waals surface area contributed by atoms with Crippen LogP contribution >= 0.6 is 0 Å². The fraction of sp³-hybridized carbons (Fsp3) is 0.495. The third-order valence-corrected chi connectivity index (χ3v) is 30.8. The number of nitrogens with two attached hydrogens (primary N) is 1. The van der Waals surface area contributed by atoms with Crippen LogP contribution in [0, 0.1) is 17.8 Å². The number of Topliss-reactive ketones (excluding diaryl/α,β-unsaturated/α-hetero) is 3. The van der Waals surface area contributed by atoms with E-state index in [9.17, 15) is 120 Å². The van der Waals surface area contributed by atoms with E-state index in [1.165, 1.54) is 70.3 Å². The van der Waals surface area contributed by atoms with Crippen molar-refractivity contribution in [2.45, 2.75) is 293 Å². The molecule has 19 N–H and O–H groups in total. The van der Waals surface area contributed by atoms with E-state index in [2.05, 4.69) is 30.6 Å². The van der Waals surface area contributed by atoms with E-state index in [1.54, 1.807) is 68.0 Å². The Morgan fingerprint density at radius 2 is 0.782 bits per heavy atom. The molecule has 8 aromatic rings. The molecule has 6 aliphatic carbocycles. The van der Waals surface area contributed by atoms with Gasteiger partial charge in [0.2, 0.25) is 5.78 Å². The summed E-state index contributed by atoms with van der Waals surface area (Å²) >= 11 is 0. The summed E-state index contributed by atoms with van der Waals surface area (Å²) in [6.07, 6.45) is -4.76. The van der Waals surface area contributed by atoms with Gasteiger partial charge in [-0.3, -0.25) is 62.3 Å². The van der Waals surface area contributed by atoms with Gasteiger partial charge in [-0.2, -0.15) is 0 Å². The lowest BCUT2D eigenvalue weighted by molar-refractivity contribution is -0.255. The van der Waals surface area contributed by atoms with Crippen LogP contribution in [0.25, 0.3) is 0 Å². The molecular formula is C105H121N9O33. The van der Waals surface area contributed by atoms with Gasteiger partial charge in [0.05, 0.1) is 158 Å². The number of aliphatic imine (C=N–C) groups is 2. The smallest absolute Gasteiger partial charge is 0.202 e. The minimum Gasteiger partial charge on any atom is -0.507 e. The topological polar surface area (TPSA) is 651 Å². The first kappa shape index (κ1) is 106. The Morgan fingerprint density at radius 3 is 1.13 bits per heavy atom. The normalized spacial score (nSPS) is 31.9. The molecule has 5 fully saturated rings. The molecule has 0 amide bonds. The average molecular weight is 2040 g/mol. The molecule has 42 heteroatoms. The number of nitrogens with one attached hydrogen (secondary N) is 2. The lowest BCUT2D eigenvalue weighted by Crippen LogP contribution is -2.49. The third-order valence-electron chi connectivity index (χ3n) is 30.8. The number of ketones is 9. The Balaban J connectivity index is 0.000000129. The summed E-state index contributed by atoms with van der Waals surface area (Å²) < 4.78 is 56.4. The maximum atomic E-state index is 13.6. The number of aromatic nitrogens is 4. The summed E-state index contributed by atoms with van der Waals surface area (Å²) in [5.74, 6) is -7.78. The van der Waals surface area contributed by atoms with Crippen LogP contribution < -0.4 is 21.1 Å². The second-order valence-corrected chi connectivity index (χ2v) is 40.2. The predicted molar refractivity (Wildman–Crippen MR) is 517 cm³/mol. The Bertz CT molecular complexity index is 6430. The van der Waals surface area contributed by atoms with E-state index in [4.69, 9.17) is 48.4 Å². The first-order chi connectivity index (χ1) is 69.6. The zero-order chi connectivity index (χ0) is 106. The van der Waals surface area contributed by atoms with Crippen LogP contribution in [0.4, 0.5) is 11.6 Å². The van der Waals surface area contributed by atoms with Crippen LogP contribution in [0.1, 0.15) is 317 Å². The molecule has 0 unspecified atom stereocenters. The van der Waals surface area contributed by atoms with E-state index in [1.807, 2.05) is 46.1 Å². The summed E-state index contributed by atoms with van der Waals surface area (Å²) in [6, 6.07) is 16.5. The van der Waals surface area contributed by atoms with Crippen molar-refractivity contribution in [3.8, 4) is 40.2 Å². The molecule has 0 spiro atoms. The van der Waals surface area contributed by atoms with Gasteiger partial charge in [0.1, 0.15) is 105 Å². The number of fused-ring (bicyclic) bond motifs is 11. The summed E-state index contributed by atoms with van der Waals surface area (Å²) in [7, 11) is 1.35. The van der Waals surface area contributed by atoms with Crippen LogP contribution in [-0.4, -0.2) is 277 Å². The number of aliphatic hydroxyl groups excluding tert-OH is 6. The van der Waals surface area contributed by atoms with Crippen molar-refractivity contribution >= 4 is 76.4 Å². The number of carbonyl (C=O) groups excluding carboxylic acids is 9. The summed E-state index contributed by atoms with van der Waals surface area (Å²) in [5, 5.41) is 168. The second kappa shape index (κ2) is 41.3. The van der Waals surface area contributed by atoms with Gasteiger partial charge in [0, 0.05) is 138 Å². The van der Waals surface area contributed by atoms with E-state index in [0.29, 0.717) is 61.8 Å². The predicted octanol–water partition coefficient (Wildman–Crippen LogP) is 7.43. The molecule has 6 aromatic carbocycles. The number of aliphatic hydroxyl groups is 9. The molecule has 42 nitrogen and oxygen atoms in total. The number of phenols is 6. The zero-order valence-electron chi connectivity index (χ0n) is 82.7. The van der Waals surface area contributed by atoms with Gasteiger partial charge >= 0.3 is 0 Å². The number of hydrogen-bond donors (Lipinski definition) is 18. The van der Waals surface area contributed by atoms with Gasteiger partial charge in [-0.05, 0) is 78.7 Å². The number of aromatic hydroxyl groups is 6. The number of rotatable bonds is 13. The highest BCUT2D eigenvalue weighted by molar-refractivity contribution is 6.33. The quantitative estimate of drug-likeness (QED) is 0.0499. The molecule has 26 atom stereocenters. The van der Waals surface area contributed by atoms with E-state index < -0.39 is 207 Å². The van der Waals surface area contributed by atoms with Crippen molar-refractivity contribution in [2.24, 2.45) is 33.5 Å². The molecule has 7 aliphatic heterocycles. The van der Waals surface area contributed by atoms with Crippen molar-refractivity contribution in [3.05, 3.63) is 191 Å². The number of hydrogen-bond acceptors (Lipinski definition) is 40. The molecule has 13 aliphatic rings. The van der Waals surface area contributed by atoms with Gasteiger partial charge in [-0.15, -0.1) is 0 Å². The highest BCUT2D eigenvalue weighted by Crippen LogP contribution is 2.58. The van der Waals surface area contributed by atoms with Crippen molar-refractivity contribution in [1.29, 1.82) is 0 Å². The fourth-order valence-corrected chi connectivity index (χ4v) is 21.9. The SMILES string of the molecule is CC(=O)[C@]1(O)Cc2c(O)c3c(c(O)c2[C@@H](O[C@H]2C[C@H](C)[C@H](O)[C@H](C)O2)C1)C(=O)c1ccccc1C3=O.CC(=O)[C@]1(O)Cc2c(O)c3c(c(O)c2[C@@H](O[C@H]2C[C@H](N)[C@H](C)[C@H](C)O2)C1)C(=O)c1ccccc1C3=O.CC[C@H]1O[C@@H](n2cnc3c2NC=NC[C@H]3O)C[C@@H]1O.COc1cccc2c1C(=O)c1c(O)c3c(c(O)c1C2=O)C[C@@](O)(C(C)=O)C[C@@H]3O[C@H]1C[C@H](C)[C@H](O)[C@H](C)O1.C[C@H]1O[C@@H](n2cnc3c2NC=NC[C@H]3O)C[C@@H]1O. The summed E-state index contributed by atoms with van der Waals surface area (Å²) in [4.78, 5) is 134. The van der Waals surface area contributed by atoms with Crippen molar-refractivity contribution in [3.63, 3.8) is 0 Å². The first-order valence-electron chi connectivity index (χ1n) is 49.0. The van der Waals surface area contributed by atoms with Gasteiger partial charge in [0.15, 0.2) is 65.1 Å². The Hall–Kier alpha value is -12.4. The molecular weight excluding hydrogens is 1920 g/mol. The van der Waals surface area contributed by atoms with Crippen LogP contribution in [0.3, 0.4) is 0 Å². The first-order valence-corrected chi connectivity index (χ1v) is 49.0. The molecule has 0 bridgehead atoms. The highest BCUT2D eigenvalue weighted by Gasteiger charge is 2.55. The van der Waals surface area contributed by atoms with Crippen molar-refractivity contribution in [2.75, 3.05) is 30.8 Å². The standard InChI is InChI=1S/C28H30O10.C27H29NO8.C27H28O9.C12H18N4O3.C11H16N4O3/c1-11-8-18(37-12(2)23(11)30)38-17-10-28(35,13(3)29)9-15-20(17)27(34)22-21(25(15)32)24(31)14-6-5-7-16(36-4)19(14)26(22)33;1-11-12(2)35-19(8-17(11)28)36-18-10-27(34,13(3)29)9-16-20(18)26(33)22-21(25(16)32)23(30)14-6-4-5-7-15(14)24(22)31;1-11-8-18(35-12(2)22(11)29)36-17-10-27(34,13(3)28)9-16-19(17)26(33)21-20(25(16)32)23(30)14-6-4-5-7-15(14)24(21)31;1-2-9-7(17)3-10(19-9)16-6-15-11-8(18)4-13-5-14-12(11)16;1-6-7(16)2-9(18-6)15-5-14-10-8(17)3-12-4-13-11(10)15/h5-7,11-12,17-18,23,30,32,34-35H,8-10H2,1-4H3;4-7,11-12,17-19,32-34H,8-10,28H2,1-3H3;4-7,11-12,17-18,22,29,32-34H,8-10H2,1-3H3;5-10,17-18H,2-4H2,1H3,(H,13,14);4-9,16-17H,2-3H2,1H3,(H,12,13)/t11-,12-,17-,18-,23-,28-;11-,12+,17+,18+,19+,27+;11-,12-,17-,18-,22-,27-;7-,8+,9+,10+;6-,7+,8-,9-/m01001/s1. The third kappa shape index (κ3) is 19.1. The molecule has 2 aromatic heterocycles. The number of anilines is 2. The lowest BCUT2D eigenvalue weighted by atomic mass is 9.72. The maximum absolute atomic E-state index is 13.6. The molecule has 0 saturated carbocycles. The van der Waals surface area contributed by atoms with Crippen LogP contribution in [0.5, 0.6) is 40.2 Å². The molecule has 21 rings (SSSR count). The van der Waals surface area contributed by atoms with E-state index in [-0.39, 0.29) is 188 Å². The number of imidazole rings is 2. The van der Waals surface area contributed by atoms with Crippen molar-refractivity contribution in [1.82, 2.24) is 19.1 Å². The van der Waals surface area contributed by atoms with E-state index >= 15 is 0 Å². The maximum Gasteiger partial charge on any atom is 0.202 e. The number of methoxy groups -OCH3 is 1. The van der Waals surface area contributed by atoms with Gasteiger partial charge in [0.25, 0.3) is 0 Å².